The predicted molar refractivity (Wildman–Crippen MR) is 99.3 cm³/mol. The van der Waals surface area contributed by atoms with Crippen LogP contribution < -0.4 is 11.1 Å². The first kappa shape index (κ1) is 15.6. The standard InChI is InChI=1S/C16H18N8S/c1-3-24-9-14-12(22-24)4-11(25-14)6-19-16-15(17)18-7-13(21-16)10-5-20-23(2)8-10/h4-5,7-9H,3,6H2,1-2H3,(H2,17,18)(H,19,21). The number of aryl methyl sites for hydroxylation is 2. The Balaban J connectivity index is 1.53. The first-order valence-corrected chi connectivity index (χ1v) is 8.75. The molecule has 0 atom stereocenters. The zero-order valence-electron chi connectivity index (χ0n) is 14.0. The summed E-state index contributed by atoms with van der Waals surface area (Å²) in [5.74, 6) is 0.955. The molecule has 4 aromatic rings. The zero-order valence-corrected chi connectivity index (χ0v) is 14.8. The Morgan fingerprint density at radius 2 is 2.16 bits per heavy atom. The normalized spacial score (nSPS) is 11.3. The fourth-order valence-electron chi connectivity index (χ4n) is 2.56. The van der Waals surface area contributed by atoms with E-state index in [0.717, 1.165) is 23.3 Å². The van der Waals surface area contributed by atoms with Crippen molar-refractivity contribution in [3.05, 3.63) is 35.7 Å². The van der Waals surface area contributed by atoms with Gasteiger partial charge in [-0.05, 0) is 13.0 Å². The van der Waals surface area contributed by atoms with Crippen LogP contribution in [-0.4, -0.2) is 29.5 Å². The molecule has 4 aromatic heterocycles. The Bertz CT molecular complexity index is 997. The number of aromatic nitrogens is 6. The molecule has 0 unspecified atom stereocenters. The van der Waals surface area contributed by atoms with Gasteiger partial charge in [0.15, 0.2) is 11.6 Å². The van der Waals surface area contributed by atoms with Gasteiger partial charge in [-0.1, -0.05) is 0 Å². The van der Waals surface area contributed by atoms with Crippen LogP contribution in [0.5, 0.6) is 0 Å². The maximum absolute atomic E-state index is 5.96. The molecule has 8 nitrogen and oxygen atoms in total. The van der Waals surface area contributed by atoms with Crippen LogP contribution in [0.4, 0.5) is 11.6 Å². The summed E-state index contributed by atoms with van der Waals surface area (Å²) in [5.41, 5.74) is 8.62. The van der Waals surface area contributed by atoms with Gasteiger partial charge in [0.05, 0.1) is 29.3 Å². The SMILES string of the molecule is CCn1cc2sc(CNc3nc(-c4cnn(C)c4)cnc3N)cc2n1. The van der Waals surface area contributed by atoms with Gasteiger partial charge < -0.3 is 11.1 Å². The number of hydrogen-bond acceptors (Lipinski definition) is 7. The summed E-state index contributed by atoms with van der Waals surface area (Å²) in [7, 11) is 1.87. The summed E-state index contributed by atoms with van der Waals surface area (Å²) < 4.78 is 4.86. The van der Waals surface area contributed by atoms with Gasteiger partial charge in [0.25, 0.3) is 0 Å². The average Bonchev–Trinajstić information content (AvgIpc) is 3.28. The van der Waals surface area contributed by atoms with Crippen LogP contribution in [0.2, 0.25) is 0 Å². The van der Waals surface area contributed by atoms with Crippen molar-refractivity contribution in [3.63, 3.8) is 0 Å². The van der Waals surface area contributed by atoms with Gasteiger partial charge >= 0.3 is 0 Å². The fourth-order valence-corrected chi connectivity index (χ4v) is 3.54. The molecule has 0 aliphatic heterocycles. The highest BCUT2D eigenvalue weighted by Gasteiger charge is 2.10. The lowest BCUT2D eigenvalue weighted by molar-refractivity contribution is 0.668. The van der Waals surface area contributed by atoms with Gasteiger partial charge in [-0.15, -0.1) is 11.3 Å². The lowest BCUT2D eigenvalue weighted by Gasteiger charge is -2.08. The van der Waals surface area contributed by atoms with Crippen LogP contribution in [0.15, 0.2) is 30.9 Å². The Labute approximate surface area is 148 Å². The van der Waals surface area contributed by atoms with E-state index in [2.05, 4.69) is 44.7 Å². The van der Waals surface area contributed by atoms with Crippen molar-refractivity contribution in [2.45, 2.75) is 20.0 Å². The number of thiophene rings is 1. The minimum atomic E-state index is 0.380. The summed E-state index contributed by atoms with van der Waals surface area (Å²) >= 11 is 1.71. The molecular weight excluding hydrogens is 336 g/mol. The number of hydrogen-bond donors (Lipinski definition) is 2. The number of rotatable bonds is 5. The summed E-state index contributed by atoms with van der Waals surface area (Å²) in [4.78, 5) is 9.98. The smallest absolute Gasteiger partial charge is 0.169 e. The molecule has 0 amide bonds. The van der Waals surface area contributed by atoms with Crippen molar-refractivity contribution in [2.24, 2.45) is 7.05 Å². The minimum absolute atomic E-state index is 0.380. The number of nitrogens with one attached hydrogen (secondary N) is 1. The molecule has 0 saturated heterocycles. The molecule has 0 spiro atoms. The van der Waals surface area contributed by atoms with E-state index < -0.39 is 0 Å². The number of nitrogens with zero attached hydrogens (tertiary/aromatic N) is 6. The molecule has 0 aromatic carbocycles. The lowest BCUT2D eigenvalue weighted by Crippen LogP contribution is -2.06. The molecule has 0 fully saturated rings. The van der Waals surface area contributed by atoms with Gasteiger partial charge in [0.2, 0.25) is 0 Å². The second kappa shape index (κ2) is 6.17. The van der Waals surface area contributed by atoms with Crippen LogP contribution >= 0.6 is 11.3 Å². The van der Waals surface area contributed by atoms with Gasteiger partial charge in [0, 0.05) is 36.4 Å². The monoisotopic (exact) mass is 354 g/mol. The minimum Gasteiger partial charge on any atom is -0.381 e. The van der Waals surface area contributed by atoms with E-state index >= 15 is 0 Å². The van der Waals surface area contributed by atoms with E-state index in [4.69, 9.17) is 5.73 Å². The van der Waals surface area contributed by atoms with Crippen LogP contribution in [0.1, 0.15) is 11.8 Å². The summed E-state index contributed by atoms with van der Waals surface area (Å²) in [6.45, 7) is 3.58. The van der Waals surface area contributed by atoms with E-state index in [-0.39, 0.29) is 0 Å². The molecule has 4 rings (SSSR count). The molecule has 0 aliphatic rings. The quantitative estimate of drug-likeness (QED) is 0.571. The van der Waals surface area contributed by atoms with Crippen molar-refractivity contribution in [1.82, 2.24) is 29.5 Å². The predicted octanol–water partition coefficient (Wildman–Crippen LogP) is 2.50. The zero-order chi connectivity index (χ0) is 17.4. The Kier molecular flexibility index (Phi) is 3.85. The molecule has 9 heteroatoms. The molecule has 0 radical (unpaired) electrons. The van der Waals surface area contributed by atoms with E-state index in [9.17, 15) is 0 Å². The molecule has 25 heavy (non-hydrogen) atoms. The number of fused-ring (bicyclic) bond motifs is 1. The third-order valence-electron chi connectivity index (χ3n) is 3.85. The average molecular weight is 354 g/mol. The van der Waals surface area contributed by atoms with Crippen LogP contribution in [0.3, 0.4) is 0 Å². The van der Waals surface area contributed by atoms with Crippen molar-refractivity contribution >= 4 is 33.2 Å². The first-order valence-electron chi connectivity index (χ1n) is 7.93. The number of nitrogen functional groups attached to an aromatic ring is 1. The molecule has 4 heterocycles. The molecule has 0 bridgehead atoms. The second-order valence-corrected chi connectivity index (χ2v) is 6.86. The highest BCUT2D eigenvalue weighted by Crippen LogP contribution is 2.26. The summed E-state index contributed by atoms with van der Waals surface area (Å²) in [5, 5.41) is 12.0. The van der Waals surface area contributed by atoms with Crippen molar-refractivity contribution in [1.29, 1.82) is 0 Å². The van der Waals surface area contributed by atoms with Gasteiger partial charge in [-0.25, -0.2) is 9.97 Å². The molecule has 128 valence electrons. The van der Waals surface area contributed by atoms with Gasteiger partial charge in [-0.2, -0.15) is 10.2 Å². The van der Waals surface area contributed by atoms with E-state index in [1.807, 2.05) is 17.9 Å². The summed E-state index contributed by atoms with van der Waals surface area (Å²) in [6.07, 6.45) is 7.38. The van der Waals surface area contributed by atoms with E-state index in [1.165, 1.54) is 9.58 Å². The highest BCUT2D eigenvalue weighted by atomic mass is 32.1. The van der Waals surface area contributed by atoms with E-state index in [0.29, 0.717) is 18.2 Å². The number of nitrogens with two attached hydrogens (primary N) is 1. The van der Waals surface area contributed by atoms with Crippen molar-refractivity contribution in [3.8, 4) is 11.3 Å². The second-order valence-electron chi connectivity index (χ2n) is 5.69. The maximum Gasteiger partial charge on any atom is 0.169 e. The Hall–Kier alpha value is -2.94. The first-order chi connectivity index (χ1) is 12.1. The molecule has 0 aliphatic carbocycles. The van der Waals surface area contributed by atoms with Crippen LogP contribution in [0.25, 0.3) is 21.5 Å². The van der Waals surface area contributed by atoms with Crippen LogP contribution in [0, 0.1) is 0 Å². The molecule has 3 N–H and O–H groups in total. The van der Waals surface area contributed by atoms with E-state index in [1.54, 1.807) is 28.4 Å². The Morgan fingerprint density at radius 3 is 2.88 bits per heavy atom. The third-order valence-corrected chi connectivity index (χ3v) is 4.91. The van der Waals surface area contributed by atoms with Gasteiger partial charge in [0.1, 0.15) is 5.52 Å². The maximum atomic E-state index is 5.96. The topological polar surface area (TPSA) is 99.5 Å². The van der Waals surface area contributed by atoms with Crippen molar-refractivity contribution < 1.29 is 0 Å². The van der Waals surface area contributed by atoms with Crippen molar-refractivity contribution in [2.75, 3.05) is 11.1 Å². The Morgan fingerprint density at radius 1 is 1.28 bits per heavy atom. The lowest BCUT2D eigenvalue weighted by atomic mass is 10.3. The van der Waals surface area contributed by atoms with Gasteiger partial charge in [-0.3, -0.25) is 9.36 Å². The number of anilines is 2. The highest BCUT2D eigenvalue weighted by molar-refractivity contribution is 7.19. The fraction of sp³-hybridized carbons (Fsp3) is 0.250. The molecule has 0 saturated carbocycles. The summed E-state index contributed by atoms with van der Waals surface area (Å²) in [6, 6.07) is 2.09. The third kappa shape index (κ3) is 3.05. The molecular formula is C16H18N8S. The largest absolute Gasteiger partial charge is 0.381 e. The van der Waals surface area contributed by atoms with Crippen LogP contribution in [-0.2, 0) is 20.1 Å².